The highest BCUT2D eigenvalue weighted by Gasteiger charge is 2.34. The third-order valence-corrected chi connectivity index (χ3v) is 4.50. The lowest BCUT2D eigenvalue weighted by Gasteiger charge is -2.44. The first kappa shape index (κ1) is 14.1. The molecule has 2 bridgehead atoms. The summed E-state index contributed by atoms with van der Waals surface area (Å²) in [7, 11) is 1.64. The Balaban J connectivity index is 1.57. The van der Waals surface area contributed by atoms with Crippen molar-refractivity contribution in [2.24, 2.45) is 5.92 Å². The first-order chi connectivity index (χ1) is 10.2. The predicted octanol–water partition coefficient (Wildman–Crippen LogP) is 1.92. The number of carbonyl (C=O) groups excluding carboxylic acids is 1. The normalized spacial score (nSPS) is 27.8. The number of hydrogen-bond donors (Lipinski definition) is 1. The molecular formula is C17H22N2O2. The first-order valence-corrected chi connectivity index (χ1v) is 7.59. The Hall–Kier alpha value is -1.81. The number of piperidine rings is 3. The number of carbonyl (C=O) groups is 1. The molecule has 0 radical (unpaired) electrons. The van der Waals surface area contributed by atoms with Gasteiger partial charge in [0.05, 0.1) is 7.11 Å². The van der Waals surface area contributed by atoms with Gasteiger partial charge >= 0.3 is 0 Å². The Labute approximate surface area is 125 Å². The van der Waals surface area contributed by atoms with E-state index in [9.17, 15) is 4.79 Å². The number of amides is 1. The zero-order valence-electron chi connectivity index (χ0n) is 12.4. The summed E-state index contributed by atoms with van der Waals surface area (Å²) in [6.07, 6.45) is 5.88. The summed E-state index contributed by atoms with van der Waals surface area (Å²) in [5.41, 5.74) is 0.971. The fourth-order valence-corrected chi connectivity index (χ4v) is 3.28. The van der Waals surface area contributed by atoms with Crippen LogP contribution < -0.4 is 10.1 Å². The molecule has 1 N–H and O–H groups in total. The van der Waals surface area contributed by atoms with Crippen LogP contribution >= 0.6 is 0 Å². The maximum absolute atomic E-state index is 12.1. The van der Waals surface area contributed by atoms with E-state index < -0.39 is 0 Å². The number of nitrogens with zero attached hydrogens (tertiary/aromatic N) is 1. The van der Waals surface area contributed by atoms with Crippen LogP contribution in [-0.4, -0.2) is 43.6 Å². The summed E-state index contributed by atoms with van der Waals surface area (Å²) in [4.78, 5) is 14.5. The fraction of sp³-hybridized carbons (Fsp3) is 0.471. The van der Waals surface area contributed by atoms with Crippen molar-refractivity contribution in [2.45, 2.75) is 18.9 Å². The molecule has 3 aliphatic rings. The molecule has 1 amide bonds. The Kier molecular flexibility index (Phi) is 4.25. The average molecular weight is 286 g/mol. The van der Waals surface area contributed by atoms with Gasteiger partial charge in [0.2, 0.25) is 5.91 Å². The maximum atomic E-state index is 12.1. The molecule has 1 aromatic rings. The topological polar surface area (TPSA) is 41.6 Å². The van der Waals surface area contributed by atoms with Crippen molar-refractivity contribution in [2.75, 3.05) is 26.7 Å². The summed E-state index contributed by atoms with van der Waals surface area (Å²) < 4.78 is 5.18. The third kappa shape index (κ3) is 3.45. The van der Waals surface area contributed by atoms with Gasteiger partial charge in [0.15, 0.2) is 0 Å². The predicted molar refractivity (Wildman–Crippen MR) is 83.1 cm³/mol. The zero-order chi connectivity index (χ0) is 14.7. The molecule has 0 aliphatic carbocycles. The van der Waals surface area contributed by atoms with Crippen LogP contribution in [0.25, 0.3) is 6.08 Å². The van der Waals surface area contributed by atoms with Gasteiger partial charge < -0.3 is 15.0 Å². The van der Waals surface area contributed by atoms with Gasteiger partial charge in [0, 0.05) is 18.7 Å². The van der Waals surface area contributed by atoms with E-state index in [2.05, 4.69) is 10.2 Å². The second-order valence-corrected chi connectivity index (χ2v) is 5.86. The van der Waals surface area contributed by atoms with Crippen molar-refractivity contribution in [1.82, 2.24) is 10.2 Å². The van der Waals surface area contributed by atoms with E-state index in [4.69, 9.17) is 4.74 Å². The van der Waals surface area contributed by atoms with E-state index in [-0.39, 0.29) is 5.91 Å². The van der Waals surface area contributed by atoms with Crippen LogP contribution in [0.3, 0.4) is 0 Å². The minimum Gasteiger partial charge on any atom is -0.497 e. The number of hydrogen-bond acceptors (Lipinski definition) is 3. The van der Waals surface area contributed by atoms with Gasteiger partial charge in [-0.05, 0) is 55.6 Å². The molecule has 0 saturated carbocycles. The molecule has 3 aliphatic heterocycles. The van der Waals surface area contributed by atoms with Crippen molar-refractivity contribution in [3.63, 3.8) is 0 Å². The van der Waals surface area contributed by atoms with Gasteiger partial charge in [0.1, 0.15) is 5.75 Å². The highest BCUT2D eigenvalue weighted by molar-refractivity contribution is 5.92. The van der Waals surface area contributed by atoms with Crippen molar-refractivity contribution in [1.29, 1.82) is 0 Å². The van der Waals surface area contributed by atoms with Crippen LogP contribution in [0.1, 0.15) is 18.4 Å². The minimum atomic E-state index is -0.00318. The van der Waals surface area contributed by atoms with Crippen molar-refractivity contribution < 1.29 is 9.53 Å². The number of benzene rings is 1. The molecule has 112 valence electrons. The lowest BCUT2D eigenvalue weighted by Crippen LogP contribution is -2.57. The molecule has 3 heterocycles. The van der Waals surface area contributed by atoms with E-state index in [0.717, 1.165) is 17.9 Å². The lowest BCUT2D eigenvalue weighted by atomic mass is 9.84. The Morgan fingerprint density at radius 3 is 2.86 bits per heavy atom. The molecule has 0 spiro atoms. The second kappa shape index (κ2) is 6.31. The highest BCUT2D eigenvalue weighted by atomic mass is 16.5. The van der Waals surface area contributed by atoms with Crippen molar-refractivity contribution in [3.05, 3.63) is 35.9 Å². The van der Waals surface area contributed by atoms with Crippen LogP contribution in [0.2, 0.25) is 0 Å². The SMILES string of the molecule is COc1cccc(/C=C/C(=O)NC2CN3CCC2CC3)c1. The van der Waals surface area contributed by atoms with Crippen molar-refractivity contribution in [3.8, 4) is 5.75 Å². The molecule has 1 unspecified atom stereocenters. The van der Waals surface area contributed by atoms with E-state index in [0.29, 0.717) is 12.0 Å². The molecule has 4 heteroatoms. The largest absolute Gasteiger partial charge is 0.497 e. The average Bonchev–Trinajstić information content (AvgIpc) is 2.54. The smallest absolute Gasteiger partial charge is 0.244 e. The maximum Gasteiger partial charge on any atom is 0.244 e. The van der Waals surface area contributed by atoms with Gasteiger partial charge in [-0.3, -0.25) is 4.79 Å². The Bertz CT molecular complexity index is 533. The van der Waals surface area contributed by atoms with Crippen LogP contribution in [0.15, 0.2) is 30.3 Å². The molecule has 3 saturated heterocycles. The number of nitrogens with one attached hydrogen (secondary N) is 1. The zero-order valence-corrected chi connectivity index (χ0v) is 12.4. The van der Waals surface area contributed by atoms with Crippen LogP contribution in [-0.2, 0) is 4.79 Å². The summed E-state index contributed by atoms with van der Waals surface area (Å²) in [5.74, 6) is 1.45. The summed E-state index contributed by atoms with van der Waals surface area (Å²) in [5, 5.41) is 3.15. The van der Waals surface area contributed by atoms with Gasteiger partial charge in [-0.25, -0.2) is 0 Å². The molecule has 0 aromatic heterocycles. The van der Waals surface area contributed by atoms with E-state index in [1.54, 1.807) is 13.2 Å². The number of fused-ring (bicyclic) bond motifs is 3. The van der Waals surface area contributed by atoms with Crippen LogP contribution in [0.5, 0.6) is 5.75 Å². The summed E-state index contributed by atoms with van der Waals surface area (Å²) in [6.45, 7) is 3.39. The van der Waals surface area contributed by atoms with Gasteiger partial charge in [-0.2, -0.15) is 0 Å². The molecule has 3 fully saturated rings. The lowest BCUT2D eigenvalue weighted by molar-refractivity contribution is -0.118. The van der Waals surface area contributed by atoms with Gasteiger partial charge in [-0.1, -0.05) is 12.1 Å². The van der Waals surface area contributed by atoms with Crippen molar-refractivity contribution >= 4 is 12.0 Å². The van der Waals surface area contributed by atoms with Crippen LogP contribution in [0.4, 0.5) is 0 Å². The highest BCUT2D eigenvalue weighted by Crippen LogP contribution is 2.27. The quantitative estimate of drug-likeness (QED) is 0.860. The number of methoxy groups -OCH3 is 1. The molecule has 1 atom stereocenters. The second-order valence-electron chi connectivity index (χ2n) is 5.86. The molecule has 1 aromatic carbocycles. The molecule has 21 heavy (non-hydrogen) atoms. The Morgan fingerprint density at radius 2 is 2.19 bits per heavy atom. The number of rotatable bonds is 4. The molecular weight excluding hydrogens is 264 g/mol. The van der Waals surface area contributed by atoms with Crippen LogP contribution in [0, 0.1) is 5.92 Å². The molecule has 4 nitrogen and oxygen atoms in total. The summed E-state index contributed by atoms with van der Waals surface area (Å²) in [6, 6.07) is 8.00. The third-order valence-electron chi connectivity index (χ3n) is 4.50. The monoisotopic (exact) mass is 286 g/mol. The molecule has 4 rings (SSSR count). The number of ether oxygens (including phenoxy) is 1. The van der Waals surface area contributed by atoms with Gasteiger partial charge in [-0.15, -0.1) is 0 Å². The first-order valence-electron chi connectivity index (χ1n) is 7.59. The minimum absolute atomic E-state index is 0.00318. The van der Waals surface area contributed by atoms with E-state index in [1.165, 1.54) is 25.9 Å². The van der Waals surface area contributed by atoms with E-state index in [1.807, 2.05) is 30.3 Å². The fourth-order valence-electron chi connectivity index (χ4n) is 3.28. The summed E-state index contributed by atoms with van der Waals surface area (Å²) >= 11 is 0. The van der Waals surface area contributed by atoms with E-state index >= 15 is 0 Å². The van der Waals surface area contributed by atoms with Gasteiger partial charge in [0.25, 0.3) is 0 Å². The standard InChI is InChI=1S/C17H22N2O2/c1-21-15-4-2-3-13(11-15)5-6-17(20)18-16-12-19-9-7-14(16)8-10-19/h2-6,11,14,16H,7-10,12H2,1H3,(H,18,20)/b6-5+. The Morgan fingerprint density at radius 1 is 1.38 bits per heavy atom.